The molecule has 0 aromatic heterocycles. The highest BCUT2D eigenvalue weighted by Crippen LogP contribution is 2.15. The van der Waals surface area contributed by atoms with E-state index in [4.69, 9.17) is 5.73 Å². The Morgan fingerprint density at radius 2 is 1.89 bits per heavy atom. The molecule has 0 aliphatic heterocycles. The minimum Gasteiger partial charge on any atom is -0.339 e. The molecule has 1 amide bonds. The van der Waals surface area contributed by atoms with Crippen molar-refractivity contribution in [3.05, 3.63) is 35.4 Å². The lowest BCUT2D eigenvalue weighted by Gasteiger charge is -2.27. The average Bonchev–Trinajstić information content (AvgIpc) is 2.40. The normalized spacial score (nSPS) is 10.7. The lowest BCUT2D eigenvalue weighted by atomic mass is 10.0. The summed E-state index contributed by atoms with van der Waals surface area (Å²) >= 11 is 0. The smallest absolute Gasteiger partial charge is 0.254 e. The van der Waals surface area contributed by atoms with Crippen LogP contribution in [0.4, 0.5) is 0 Å². The summed E-state index contributed by atoms with van der Waals surface area (Å²) < 4.78 is 0. The van der Waals surface area contributed by atoms with Crippen molar-refractivity contribution in [2.45, 2.75) is 39.2 Å². The van der Waals surface area contributed by atoms with Crippen LogP contribution in [0.25, 0.3) is 0 Å². The van der Waals surface area contributed by atoms with E-state index in [1.54, 1.807) is 0 Å². The molecule has 1 aromatic rings. The van der Waals surface area contributed by atoms with E-state index < -0.39 is 0 Å². The minimum atomic E-state index is 0.104. The van der Waals surface area contributed by atoms with Crippen molar-refractivity contribution in [1.82, 2.24) is 4.90 Å². The largest absolute Gasteiger partial charge is 0.339 e. The first-order valence-corrected chi connectivity index (χ1v) is 6.70. The van der Waals surface area contributed by atoms with Crippen LogP contribution in [-0.4, -0.2) is 30.4 Å². The molecule has 0 saturated carbocycles. The van der Waals surface area contributed by atoms with Crippen LogP contribution in [0.5, 0.6) is 0 Å². The van der Waals surface area contributed by atoms with Gasteiger partial charge in [-0.2, -0.15) is 0 Å². The van der Waals surface area contributed by atoms with Gasteiger partial charge in [0.15, 0.2) is 0 Å². The Kier molecular flexibility index (Phi) is 5.86. The molecule has 0 atom stereocenters. The van der Waals surface area contributed by atoms with Gasteiger partial charge in [-0.15, -0.1) is 0 Å². The quantitative estimate of drug-likeness (QED) is 0.840. The van der Waals surface area contributed by atoms with Crippen molar-refractivity contribution in [2.75, 3.05) is 13.6 Å². The summed E-state index contributed by atoms with van der Waals surface area (Å²) in [5.41, 5.74) is 7.43. The maximum Gasteiger partial charge on any atom is 0.254 e. The molecule has 0 unspecified atom stereocenters. The van der Waals surface area contributed by atoms with Gasteiger partial charge in [-0.25, -0.2) is 0 Å². The molecule has 0 aliphatic rings. The minimum absolute atomic E-state index is 0.104. The van der Waals surface area contributed by atoms with Crippen LogP contribution in [0.15, 0.2) is 24.3 Å². The van der Waals surface area contributed by atoms with Gasteiger partial charge < -0.3 is 10.6 Å². The van der Waals surface area contributed by atoms with Gasteiger partial charge in [0, 0.05) is 18.7 Å². The van der Waals surface area contributed by atoms with Crippen molar-refractivity contribution in [1.29, 1.82) is 0 Å². The standard InChI is InChI=1S/C15H24N2O/c1-4-13(5-2)17(3)15(18)14-9-7-6-8-12(14)10-11-16/h6-9,13H,4-5,10-11,16H2,1-3H3. The third-order valence-corrected chi connectivity index (χ3v) is 3.47. The number of amides is 1. The topological polar surface area (TPSA) is 46.3 Å². The van der Waals surface area contributed by atoms with E-state index in [0.717, 1.165) is 30.4 Å². The molecule has 3 nitrogen and oxygen atoms in total. The second kappa shape index (κ2) is 7.17. The fourth-order valence-corrected chi connectivity index (χ4v) is 2.29. The highest BCUT2D eigenvalue weighted by atomic mass is 16.2. The predicted molar refractivity (Wildman–Crippen MR) is 75.7 cm³/mol. The van der Waals surface area contributed by atoms with Gasteiger partial charge >= 0.3 is 0 Å². The van der Waals surface area contributed by atoms with Gasteiger partial charge in [-0.05, 0) is 37.4 Å². The van der Waals surface area contributed by atoms with Crippen LogP contribution < -0.4 is 5.73 Å². The zero-order valence-electron chi connectivity index (χ0n) is 11.6. The number of nitrogens with zero attached hydrogens (tertiary/aromatic N) is 1. The van der Waals surface area contributed by atoms with Gasteiger partial charge in [0.25, 0.3) is 5.91 Å². The van der Waals surface area contributed by atoms with E-state index in [-0.39, 0.29) is 5.91 Å². The van der Waals surface area contributed by atoms with E-state index in [1.165, 1.54) is 0 Å². The monoisotopic (exact) mass is 248 g/mol. The van der Waals surface area contributed by atoms with Crippen molar-refractivity contribution in [3.8, 4) is 0 Å². The van der Waals surface area contributed by atoms with E-state index in [9.17, 15) is 4.79 Å². The zero-order valence-corrected chi connectivity index (χ0v) is 11.6. The Labute approximate surface area is 110 Å². The number of rotatable bonds is 6. The molecular weight excluding hydrogens is 224 g/mol. The molecule has 0 saturated heterocycles. The molecule has 0 aliphatic carbocycles. The molecule has 18 heavy (non-hydrogen) atoms. The third kappa shape index (κ3) is 3.33. The summed E-state index contributed by atoms with van der Waals surface area (Å²) in [4.78, 5) is 14.3. The SMILES string of the molecule is CCC(CC)N(C)C(=O)c1ccccc1CCN. The summed E-state index contributed by atoms with van der Waals surface area (Å²) in [5, 5.41) is 0. The fourth-order valence-electron chi connectivity index (χ4n) is 2.29. The molecule has 1 rings (SSSR count). The first-order valence-electron chi connectivity index (χ1n) is 6.70. The molecule has 1 aromatic carbocycles. The first-order chi connectivity index (χ1) is 8.65. The average molecular weight is 248 g/mol. The van der Waals surface area contributed by atoms with E-state index in [1.807, 2.05) is 36.2 Å². The number of benzene rings is 1. The van der Waals surface area contributed by atoms with Crippen molar-refractivity contribution in [3.63, 3.8) is 0 Å². The third-order valence-electron chi connectivity index (χ3n) is 3.47. The molecule has 100 valence electrons. The highest BCUT2D eigenvalue weighted by Gasteiger charge is 2.20. The maximum atomic E-state index is 12.5. The van der Waals surface area contributed by atoms with Gasteiger partial charge in [0.2, 0.25) is 0 Å². The summed E-state index contributed by atoms with van der Waals surface area (Å²) in [6.07, 6.45) is 2.72. The van der Waals surface area contributed by atoms with E-state index in [2.05, 4.69) is 13.8 Å². The number of carbonyl (C=O) groups is 1. The van der Waals surface area contributed by atoms with Crippen LogP contribution in [0.3, 0.4) is 0 Å². The Bertz CT molecular complexity index is 386. The van der Waals surface area contributed by atoms with Crippen molar-refractivity contribution >= 4 is 5.91 Å². The second-order valence-electron chi connectivity index (χ2n) is 4.58. The Balaban J connectivity index is 2.95. The number of hydrogen-bond donors (Lipinski definition) is 1. The number of nitrogens with two attached hydrogens (primary N) is 1. The Morgan fingerprint density at radius 1 is 1.28 bits per heavy atom. The van der Waals surface area contributed by atoms with Crippen LogP contribution in [0, 0.1) is 0 Å². The van der Waals surface area contributed by atoms with Crippen molar-refractivity contribution in [2.24, 2.45) is 5.73 Å². The maximum absolute atomic E-state index is 12.5. The molecule has 2 N–H and O–H groups in total. The number of carbonyl (C=O) groups excluding carboxylic acids is 1. The lowest BCUT2D eigenvalue weighted by Crippen LogP contribution is -2.36. The molecule has 0 spiro atoms. The molecule has 3 heteroatoms. The summed E-state index contributed by atoms with van der Waals surface area (Å²) in [7, 11) is 1.89. The first kappa shape index (κ1) is 14.7. The summed E-state index contributed by atoms with van der Waals surface area (Å²) in [6.45, 7) is 4.80. The van der Waals surface area contributed by atoms with Gasteiger partial charge in [0.1, 0.15) is 0 Å². The zero-order chi connectivity index (χ0) is 13.5. The highest BCUT2D eigenvalue weighted by molar-refractivity contribution is 5.95. The summed E-state index contributed by atoms with van der Waals surface area (Å²) in [6, 6.07) is 8.06. The van der Waals surface area contributed by atoms with Gasteiger partial charge in [-0.1, -0.05) is 32.0 Å². The van der Waals surface area contributed by atoms with Gasteiger partial charge in [-0.3, -0.25) is 4.79 Å². The van der Waals surface area contributed by atoms with E-state index in [0.29, 0.717) is 12.6 Å². The molecule has 0 fully saturated rings. The second-order valence-corrected chi connectivity index (χ2v) is 4.58. The van der Waals surface area contributed by atoms with Crippen LogP contribution in [0.1, 0.15) is 42.6 Å². The Morgan fingerprint density at radius 3 is 2.44 bits per heavy atom. The molecular formula is C15H24N2O. The van der Waals surface area contributed by atoms with Gasteiger partial charge in [0.05, 0.1) is 0 Å². The van der Waals surface area contributed by atoms with Crippen LogP contribution in [0.2, 0.25) is 0 Å². The molecule has 0 bridgehead atoms. The molecule has 0 radical (unpaired) electrons. The number of hydrogen-bond acceptors (Lipinski definition) is 2. The Hall–Kier alpha value is -1.35. The van der Waals surface area contributed by atoms with E-state index >= 15 is 0 Å². The predicted octanol–water partition coefficient (Wildman–Crippen LogP) is 2.45. The summed E-state index contributed by atoms with van der Waals surface area (Å²) in [5.74, 6) is 0.104. The lowest BCUT2D eigenvalue weighted by molar-refractivity contribution is 0.0722. The fraction of sp³-hybridized carbons (Fsp3) is 0.533. The van der Waals surface area contributed by atoms with Crippen molar-refractivity contribution < 1.29 is 4.79 Å². The van der Waals surface area contributed by atoms with Crippen LogP contribution in [-0.2, 0) is 6.42 Å². The molecule has 0 heterocycles. The van der Waals surface area contributed by atoms with Crippen LogP contribution >= 0.6 is 0 Å².